The highest BCUT2D eigenvalue weighted by atomic mass is 16.5. The predicted molar refractivity (Wildman–Crippen MR) is 76.4 cm³/mol. The normalized spacial score (nSPS) is 12.3. The van der Waals surface area contributed by atoms with Gasteiger partial charge in [0.2, 0.25) is 0 Å². The van der Waals surface area contributed by atoms with Gasteiger partial charge in [-0.3, -0.25) is 0 Å². The van der Waals surface area contributed by atoms with E-state index in [1.54, 1.807) is 0 Å². The van der Waals surface area contributed by atoms with Gasteiger partial charge >= 0.3 is 0 Å². The van der Waals surface area contributed by atoms with Gasteiger partial charge in [0, 0.05) is 12.5 Å². The number of nitrogens with zero attached hydrogens (tertiary/aromatic N) is 2. The molecule has 5 heteroatoms. The van der Waals surface area contributed by atoms with Gasteiger partial charge in [0.05, 0.1) is 0 Å². The van der Waals surface area contributed by atoms with Gasteiger partial charge in [-0.15, -0.1) is 0 Å². The second kappa shape index (κ2) is 7.05. The van der Waals surface area contributed by atoms with Crippen LogP contribution < -0.4 is 10.5 Å². The summed E-state index contributed by atoms with van der Waals surface area (Å²) < 4.78 is 10.7. The SMILES string of the molecule is CCc1noc(COc2ccc(CCC(C)N)cc2)n1. The van der Waals surface area contributed by atoms with Crippen molar-refractivity contribution >= 4 is 0 Å². The van der Waals surface area contributed by atoms with Crippen LogP contribution in [-0.2, 0) is 19.4 Å². The zero-order valence-corrected chi connectivity index (χ0v) is 12.0. The van der Waals surface area contributed by atoms with Crippen LogP contribution in [0.25, 0.3) is 0 Å². The molecule has 2 rings (SSSR count). The lowest BCUT2D eigenvalue weighted by Gasteiger charge is -2.07. The van der Waals surface area contributed by atoms with Gasteiger partial charge in [-0.2, -0.15) is 4.98 Å². The Labute approximate surface area is 119 Å². The molecule has 0 radical (unpaired) electrons. The third-order valence-corrected chi connectivity index (χ3v) is 3.00. The summed E-state index contributed by atoms with van der Waals surface area (Å²) in [5.74, 6) is 2.00. The Kier molecular flexibility index (Phi) is 5.12. The van der Waals surface area contributed by atoms with Gasteiger partial charge in [0.25, 0.3) is 5.89 Å². The van der Waals surface area contributed by atoms with Gasteiger partial charge in [-0.25, -0.2) is 0 Å². The predicted octanol–water partition coefficient (Wildman–Crippen LogP) is 2.49. The number of rotatable bonds is 7. The van der Waals surface area contributed by atoms with Crippen molar-refractivity contribution < 1.29 is 9.26 Å². The van der Waals surface area contributed by atoms with E-state index in [4.69, 9.17) is 15.0 Å². The molecule has 20 heavy (non-hydrogen) atoms. The Bertz CT molecular complexity index is 520. The maximum absolute atomic E-state index is 5.75. The van der Waals surface area contributed by atoms with Crippen LogP contribution >= 0.6 is 0 Å². The molecule has 1 aromatic heterocycles. The van der Waals surface area contributed by atoms with Crippen molar-refractivity contribution in [3.63, 3.8) is 0 Å². The molecule has 5 nitrogen and oxygen atoms in total. The summed E-state index contributed by atoms with van der Waals surface area (Å²) in [6, 6.07) is 8.25. The fourth-order valence-corrected chi connectivity index (χ4v) is 1.78. The van der Waals surface area contributed by atoms with Gasteiger partial charge in [0.15, 0.2) is 12.4 Å². The lowest BCUT2D eigenvalue weighted by atomic mass is 10.1. The van der Waals surface area contributed by atoms with Crippen molar-refractivity contribution in [2.75, 3.05) is 0 Å². The monoisotopic (exact) mass is 275 g/mol. The Morgan fingerprint density at radius 1 is 1.30 bits per heavy atom. The van der Waals surface area contributed by atoms with E-state index in [2.05, 4.69) is 22.3 Å². The van der Waals surface area contributed by atoms with Crippen LogP contribution in [0.3, 0.4) is 0 Å². The molecular formula is C15H21N3O2. The minimum absolute atomic E-state index is 0.233. The van der Waals surface area contributed by atoms with Crippen LogP contribution in [0.2, 0.25) is 0 Å². The molecule has 1 aromatic carbocycles. The summed E-state index contributed by atoms with van der Waals surface area (Å²) in [7, 11) is 0. The first-order chi connectivity index (χ1) is 9.67. The number of nitrogens with two attached hydrogens (primary N) is 1. The zero-order valence-electron chi connectivity index (χ0n) is 12.0. The second-order valence-electron chi connectivity index (χ2n) is 4.91. The molecule has 108 valence electrons. The second-order valence-corrected chi connectivity index (χ2v) is 4.91. The highest BCUT2D eigenvalue weighted by Gasteiger charge is 2.05. The van der Waals surface area contributed by atoms with Crippen molar-refractivity contribution in [2.45, 2.75) is 45.8 Å². The molecule has 1 heterocycles. The number of aryl methyl sites for hydroxylation is 2. The van der Waals surface area contributed by atoms with Crippen molar-refractivity contribution in [2.24, 2.45) is 5.73 Å². The molecule has 0 bridgehead atoms. The first kappa shape index (κ1) is 14.5. The Morgan fingerprint density at radius 2 is 2.05 bits per heavy atom. The average molecular weight is 275 g/mol. The van der Waals surface area contributed by atoms with Crippen molar-refractivity contribution in [1.82, 2.24) is 10.1 Å². The number of hydrogen-bond acceptors (Lipinski definition) is 5. The summed E-state index contributed by atoms with van der Waals surface area (Å²) in [5, 5.41) is 3.82. The van der Waals surface area contributed by atoms with E-state index in [9.17, 15) is 0 Å². The fraction of sp³-hybridized carbons (Fsp3) is 0.467. The van der Waals surface area contributed by atoms with Gasteiger partial charge in [-0.1, -0.05) is 24.2 Å². The molecule has 0 saturated heterocycles. The molecule has 1 unspecified atom stereocenters. The molecule has 0 aliphatic carbocycles. The topological polar surface area (TPSA) is 74.2 Å². The molecule has 0 spiro atoms. The standard InChI is InChI=1S/C15H21N3O2/c1-3-14-17-15(20-18-14)10-19-13-8-6-12(7-9-13)5-4-11(2)16/h6-9,11H,3-5,10,16H2,1-2H3. The zero-order chi connectivity index (χ0) is 14.4. The maximum atomic E-state index is 5.75. The Morgan fingerprint density at radius 3 is 2.65 bits per heavy atom. The molecule has 0 aliphatic heterocycles. The van der Waals surface area contributed by atoms with E-state index in [-0.39, 0.29) is 6.04 Å². The molecule has 0 aliphatic rings. The molecule has 0 saturated carbocycles. The number of ether oxygens (including phenoxy) is 1. The first-order valence-electron chi connectivity index (χ1n) is 6.96. The van der Waals surface area contributed by atoms with Crippen LogP contribution in [0, 0.1) is 0 Å². The third-order valence-electron chi connectivity index (χ3n) is 3.00. The van der Waals surface area contributed by atoms with Gasteiger partial charge in [-0.05, 0) is 37.5 Å². The van der Waals surface area contributed by atoms with Crippen molar-refractivity contribution in [1.29, 1.82) is 0 Å². The number of benzene rings is 1. The van der Waals surface area contributed by atoms with E-state index in [0.717, 1.165) is 25.0 Å². The van der Waals surface area contributed by atoms with Crippen LogP contribution in [0.5, 0.6) is 5.75 Å². The van der Waals surface area contributed by atoms with Gasteiger partial charge in [0.1, 0.15) is 5.75 Å². The minimum atomic E-state index is 0.233. The summed E-state index contributed by atoms with van der Waals surface area (Å²) >= 11 is 0. The third kappa shape index (κ3) is 4.35. The molecule has 0 fully saturated rings. The quantitative estimate of drug-likeness (QED) is 0.840. The number of aromatic nitrogens is 2. The first-order valence-corrected chi connectivity index (χ1v) is 6.96. The van der Waals surface area contributed by atoms with Crippen LogP contribution in [0.4, 0.5) is 0 Å². The van der Waals surface area contributed by atoms with E-state index in [1.165, 1.54) is 5.56 Å². The summed E-state index contributed by atoms with van der Waals surface area (Å²) in [6.45, 7) is 4.30. The molecular weight excluding hydrogens is 254 g/mol. The largest absolute Gasteiger partial charge is 0.484 e. The maximum Gasteiger partial charge on any atom is 0.264 e. The average Bonchev–Trinajstić information content (AvgIpc) is 2.92. The molecule has 0 amide bonds. The van der Waals surface area contributed by atoms with E-state index in [1.807, 2.05) is 26.0 Å². The summed E-state index contributed by atoms with van der Waals surface area (Å²) in [4.78, 5) is 4.19. The summed E-state index contributed by atoms with van der Waals surface area (Å²) in [6.07, 6.45) is 2.74. The highest BCUT2D eigenvalue weighted by Crippen LogP contribution is 2.15. The molecule has 2 aromatic rings. The molecule has 1 atom stereocenters. The van der Waals surface area contributed by atoms with Crippen LogP contribution in [0.15, 0.2) is 28.8 Å². The van der Waals surface area contributed by atoms with E-state index in [0.29, 0.717) is 18.3 Å². The van der Waals surface area contributed by atoms with E-state index < -0.39 is 0 Å². The lowest BCUT2D eigenvalue weighted by molar-refractivity contribution is 0.242. The van der Waals surface area contributed by atoms with Gasteiger partial charge < -0.3 is 15.0 Å². The smallest absolute Gasteiger partial charge is 0.264 e. The fourth-order valence-electron chi connectivity index (χ4n) is 1.78. The minimum Gasteiger partial charge on any atom is -0.484 e. The molecule has 2 N–H and O–H groups in total. The van der Waals surface area contributed by atoms with E-state index >= 15 is 0 Å². The number of hydrogen-bond donors (Lipinski definition) is 1. The van der Waals surface area contributed by atoms with Crippen molar-refractivity contribution in [3.8, 4) is 5.75 Å². The Balaban J connectivity index is 1.84. The van der Waals surface area contributed by atoms with Crippen molar-refractivity contribution in [3.05, 3.63) is 41.5 Å². The summed E-state index contributed by atoms with van der Waals surface area (Å²) in [5.41, 5.74) is 7.01. The lowest BCUT2D eigenvalue weighted by Crippen LogP contribution is -2.15. The Hall–Kier alpha value is -1.88. The van der Waals surface area contributed by atoms with Crippen LogP contribution in [-0.4, -0.2) is 16.2 Å². The highest BCUT2D eigenvalue weighted by molar-refractivity contribution is 5.27. The van der Waals surface area contributed by atoms with Crippen LogP contribution in [0.1, 0.15) is 37.5 Å².